The zero-order valence-corrected chi connectivity index (χ0v) is 10.1. The van der Waals surface area contributed by atoms with Gasteiger partial charge in [-0.25, -0.2) is 0 Å². The van der Waals surface area contributed by atoms with E-state index in [0.717, 1.165) is 6.07 Å². The van der Waals surface area contributed by atoms with Gasteiger partial charge < -0.3 is 0 Å². The van der Waals surface area contributed by atoms with E-state index in [4.69, 9.17) is 23.2 Å². The number of pyridine rings is 1. The first-order valence-corrected chi connectivity index (χ1v) is 5.38. The Morgan fingerprint density at radius 1 is 1.18 bits per heavy atom. The molecule has 0 spiro atoms. The van der Waals surface area contributed by atoms with Gasteiger partial charge in [-0.3, -0.25) is 4.98 Å². The molecule has 17 heavy (non-hydrogen) atoms. The topological polar surface area (TPSA) is 12.9 Å². The molecular weight excluding hydrogens is 274 g/mol. The molecule has 0 aliphatic heterocycles. The lowest BCUT2D eigenvalue weighted by Crippen LogP contribution is -2.07. The second-order valence-corrected chi connectivity index (χ2v) is 4.42. The Balaban J connectivity index is 2.92. The number of fused-ring (bicyclic) bond motifs is 1. The SMILES string of the molecule is Cc1cnc2c(C(F)(F)F)cc(Cl)cc2c1Cl. The van der Waals surface area contributed by atoms with Crippen molar-refractivity contribution in [2.45, 2.75) is 13.1 Å². The third-order valence-electron chi connectivity index (χ3n) is 2.35. The summed E-state index contributed by atoms with van der Waals surface area (Å²) in [5.74, 6) is 0. The fourth-order valence-corrected chi connectivity index (χ4v) is 1.96. The van der Waals surface area contributed by atoms with E-state index in [2.05, 4.69) is 4.98 Å². The van der Waals surface area contributed by atoms with Crippen LogP contribution in [-0.2, 0) is 6.18 Å². The molecule has 0 radical (unpaired) electrons. The average Bonchev–Trinajstić information content (AvgIpc) is 2.22. The van der Waals surface area contributed by atoms with Crippen LogP contribution in [0.15, 0.2) is 18.3 Å². The first kappa shape index (κ1) is 12.5. The minimum Gasteiger partial charge on any atom is -0.255 e. The Kier molecular flexibility index (Phi) is 2.96. The van der Waals surface area contributed by atoms with Gasteiger partial charge in [0.05, 0.1) is 16.1 Å². The van der Waals surface area contributed by atoms with Crippen molar-refractivity contribution in [3.63, 3.8) is 0 Å². The molecule has 1 heterocycles. The maximum atomic E-state index is 12.8. The number of hydrogen-bond acceptors (Lipinski definition) is 1. The molecule has 0 aliphatic rings. The fourth-order valence-electron chi connectivity index (χ4n) is 1.55. The molecule has 0 N–H and O–H groups in total. The standard InChI is InChI=1S/C11H6Cl2F3N/c1-5-4-17-10-7(9(5)13)2-6(12)3-8(10)11(14,15)16/h2-4H,1H3. The number of aryl methyl sites for hydroxylation is 1. The minimum atomic E-state index is -4.51. The molecule has 0 bridgehead atoms. The van der Waals surface area contributed by atoms with E-state index in [1.54, 1.807) is 6.92 Å². The molecule has 0 atom stereocenters. The van der Waals surface area contributed by atoms with Crippen molar-refractivity contribution in [2.75, 3.05) is 0 Å². The van der Waals surface area contributed by atoms with Gasteiger partial charge in [-0.05, 0) is 24.6 Å². The van der Waals surface area contributed by atoms with Gasteiger partial charge >= 0.3 is 6.18 Å². The first-order valence-electron chi connectivity index (χ1n) is 4.62. The number of hydrogen-bond donors (Lipinski definition) is 0. The van der Waals surface area contributed by atoms with Crippen LogP contribution in [0.3, 0.4) is 0 Å². The van der Waals surface area contributed by atoms with Crippen LogP contribution in [-0.4, -0.2) is 4.98 Å². The lowest BCUT2D eigenvalue weighted by Gasteiger charge is -2.12. The van der Waals surface area contributed by atoms with Crippen molar-refractivity contribution in [1.29, 1.82) is 0 Å². The zero-order chi connectivity index (χ0) is 12.8. The van der Waals surface area contributed by atoms with Crippen LogP contribution in [0.25, 0.3) is 10.9 Å². The Hall–Kier alpha value is -1.000. The monoisotopic (exact) mass is 279 g/mol. The highest BCUT2D eigenvalue weighted by Crippen LogP contribution is 2.38. The summed E-state index contributed by atoms with van der Waals surface area (Å²) in [6.07, 6.45) is -3.19. The van der Waals surface area contributed by atoms with Crippen LogP contribution in [0.1, 0.15) is 11.1 Å². The first-order chi connectivity index (χ1) is 7.80. The predicted molar refractivity (Wildman–Crippen MR) is 61.5 cm³/mol. The zero-order valence-electron chi connectivity index (χ0n) is 8.57. The Morgan fingerprint density at radius 3 is 2.41 bits per heavy atom. The smallest absolute Gasteiger partial charge is 0.255 e. The highest BCUT2D eigenvalue weighted by molar-refractivity contribution is 6.37. The average molecular weight is 280 g/mol. The van der Waals surface area contributed by atoms with Crippen LogP contribution in [0, 0.1) is 6.92 Å². The van der Waals surface area contributed by atoms with Crippen molar-refractivity contribution in [3.05, 3.63) is 39.5 Å². The summed E-state index contributed by atoms with van der Waals surface area (Å²) in [5.41, 5.74) is -0.450. The summed E-state index contributed by atoms with van der Waals surface area (Å²) in [4.78, 5) is 3.79. The number of aromatic nitrogens is 1. The normalized spacial score (nSPS) is 12.1. The van der Waals surface area contributed by atoms with Crippen molar-refractivity contribution in [1.82, 2.24) is 4.98 Å². The summed E-state index contributed by atoms with van der Waals surface area (Å²) in [7, 11) is 0. The molecule has 2 rings (SSSR count). The molecule has 0 aliphatic carbocycles. The third kappa shape index (κ3) is 2.19. The van der Waals surface area contributed by atoms with Gasteiger partial charge in [0.15, 0.2) is 0 Å². The molecule has 1 nitrogen and oxygen atoms in total. The molecule has 2 aromatic rings. The van der Waals surface area contributed by atoms with Gasteiger partial charge in [0.25, 0.3) is 0 Å². The summed E-state index contributed by atoms with van der Waals surface area (Å²) < 4.78 is 38.4. The molecule has 0 amide bonds. The van der Waals surface area contributed by atoms with E-state index in [0.29, 0.717) is 5.56 Å². The minimum absolute atomic E-state index is 0.0147. The molecule has 1 aromatic carbocycles. The van der Waals surface area contributed by atoms with Gasteiger partial charge in [-0.1, -0.05) is 23.2 Å². The maximum absolute atomic E-state index is 12.8. The van der Waals surface area contributed by atoms with Gasteiger partial charge in [0, 0.05) is 16.6 Å². The van der Waals surface area contributed by atoms with Gasteiger partial charge in [0.2, 0.25) is 0 Å². The lowest BCUT2D eigenvalue weighted by atomic mass is 10.1. The summed E-state index contributed by atoms with van der Waals surface area (Å²) >= 11 is 11.6. The van der Waals surface area contributed by atoms with E-state index in [9.17, 15) is 13.2 Å². The van der Waals surface area contributed by atoms with E-state index < -0.39 is 11.7 Å². The maximum Gasteiger partial charge on any atom is 0.418 e. The van der Waals surface area contributed by atoms with Crippen LogP contribution < -0.4 is 0 Å². The Bertz CT molecular complexity index is 593. The number of benzene rings is 1. The summed E-state index contributed by atoms with van der Waals surface area (Å²) in [5, 5.41) is 0.439. The highest BCUT2D eigenvalue weighted by atomic mass is 35.5. The van der Waals surface area contributed by atoms with Gasteiger partial charge in [-0.2, -0.15) is 13.2 Å². The molecule has 0 unspecified atom stereocenters. The van der Waals surface area contributed by atoms with Crippen molar-refractivity contribution in [3.8, 4) is 0 Å². The third-order valence-corrected chi connectivity index (χ3v) is 3.07. The number of halogens is 5. The van der Waals surface area contributed by atoms with Crippen LogP contribution in [0.4, 0.5) is 13.2 Å². The highest BCUT2D eigenvalue weighted by Gasteiger charge is 2.34. The van der Waals surface area contributed by atoms with Crippen LogP contribution in [0.2, 0.25) is 10.0 Å². The number of nitrogens with zero attached hydrogens (tertiary/aromatic N) is 1. The fraction of sp³-hybridized carbons (Fsp3) is 0.182. The molecule has 6 heteroatoms. The molecule has 0 saturated carbocycles. The number of rotatable bonds is 0. The Morgan fingerprint density at radius 2 is 1.82 bits per heavy atom. The molecular formula is C11H6Cl2F3N. The Labute approximate surface area is 105 Å². The van der Waals surface area contributed by atoms with Crippen molar-refractivity contribution < 1.29 is 13.2 Å². The van der Waals surface area contributed by atoms with E-state index in [-0.39, 0.29) is 20.9 Å². The second-order valence-electron chi connectivity index (χ2n) is 3.60. The quantitative estimate of drug-likeness (QED) is 0.671. The van der Waals surface area contributed by atoms with Crippen molar-refractivity contribution in [2.24, 2.45) is 0 Å². The largest absolute Gasteiger partial charge is 0.418 e. The van der Waals surface area contributed by atoms with E-state index >= 15 is 0 Å². The van der Waals surface area contributed by atoms with Gasteiger partial charge in [0.1, 0.15) is 0 Å². The van der Waals surface area contributed by atoms with Gasteiger partial charge in [-0.15, -0.1) is 0 Å². The van der Waals surface area contributed by atoms with Crippen molar-refractivity contribution >= 4 is 34.1 Å². The van der Waals surface area contributed by atoms with E-state index in [1.807, 2.05) is 0 Å². The molecule has 90 valence electrons. The predicted octanol–water partition coefficient (Wildman–Crippen LogP) is 4.87. The summed E-state index contributed by atoms with van der Waals surface area (Å²) in [6.45, 7) is 1.67. The second kappa shape index (κ2) is 4.03. The van der Waals surface area contributed by atoms with E-state index in [1.165, 1.54) is 12.3 Å². The lowest BCUT2D eigenvalue weighted by molar-refractivity contribution is -0.136. The molecule has 0 saturated heterocycles. The summed E-state index contributed by atoms with van der Waals surface area (Å²) in [6, 6.07) is 2.23. The van der Waals surface area contributed by atoms with Crippen LogP contribution >= 0.6 is 23.2 Å². The van der Waals surface area contributed by atoms with Crippen LogP contribution in [0.5, 0.6) is 0 Å². The molecule has 1 aromatic heterocycles. The number of alkyl halides is 3. The molecule has 0 fully saturated rings.